The molecule has 0 aliphatic rings. The van der Waals surface area contributed by atoms with Crippen molar-refractivity contribution in [2.24, 2.45) is 4.99 Å². The van der Waals surface area contributed by atoms with Crippen molar-refractivity contribution in [3.8, 4) is 0 Å². The second-order valence-electron chi connectivity index (χ2n) is 4.10. The van der Waals surface area contributed by atoms with Gasteiger partial charge in [0.25, 0.3) is 0 Å². The molecule has 0 aliphatic carbocycles. The van der Waals surface area contributed by atoms with Gasteiger partial charge in [0.15, 0.2) is 18.9 Å². The average molecular weight is 317 g/mol. The molecule has 0 atom stereocenters. The van der Waals surface area contributed by atoms with Crippen LogP contribution in [0.2, 0.25) is 0 Å². The van der Waals surface area contributed by atoms with Crippen LogP contribution in [-0.4, -0.2) is 5.90 Å². The van der Waals surface area contributed by atoms with Gasteiger partial charge < -0.3 is 5.11 Å². The molecule has 1 aromatic carbocycles. The van der Waals surface area contributed by atoms with Crippen LogP contribution < -0.4 is 9.67 Å². The fraction of sp³-hybridized carbons (Fsp3) is 0.143. The highest BCUT2D eigenvalue weighted by molar-refractivity contribution is 5.85. The fourth-order valence-electron chi connectivity index (χ4n) is 1.63. The van der Waals surface area contributed by atoms with E-state index in [-0.39, 0.29) is 24.6 Å². The van der Waals surface area contributed by atoms with E-state index in [9.17, 15) is 18.3 Å². The van der Waals surface area contributed by atoms with Crippen molar-refractivity contribution in [1.29, 1.82) is 0 Å². The Morgan fingerprint density at radius 1 is 1.10 bits per heavy atom. The second-order valence-corrected chi connectivity index (χ2v) is 4.10. The first-order valence-electron chi connectivity index (χ1n) is 5.81. The SMILES string of the molecule is Cl.[O-]C(C[n+]1ccccc1)=Nc1cccc(C(F)(F)F)c1. The van der Waals surface area contributed by atoms with Crippen molar-refractivity contribution >= 4 is 24.0 Å². The molecule has 0 saturated carbocycles. The van der Waals surface area contributed by atoms with E-state index >= 15 is 0 Å². The van der Waals surface area contributed by atoms with Crippen LogP contribution in [0.25, 0.3) is 0 Å². The van der Waals surface area contributed by atoms with Gasteiger partial charge in [-0.05, 0) is 18.2 Å². The van der Waals surface area contributed by atoms with E-state index in [0.717, 1.165) is 12.1 Å². The maximum Gasteiger partial charge on any atom is 0.416 e. The maximum atomic E-state index is 12.5. The number of nitrogens with zero attached hydrogens (tertiary/aromatic N) is 2. The van der Waals surface area contributed by atoms with E-state index in [0.29, 0.717) is 0 Å². The Morgan fingerprint density at radius 3 is 2.38 bits per heavy atom. The van der Waals surface area contributed by atoms with Gasteiger partial charge in [-0.1, -0.05) is 12.1 Å². The zero-order valence-electron chi connectivity index (χ0n) is 10.7. The predicted molar refractivity (Wildman–Crippen MR) is 72.4 cm³/mol. The predicted octanol–water partition coefficient (Wildman–Crippen LogP) is 2.51. The third-order valence-electron chi connectivity index (χ3n) is 2.52. The van der Waals surface area contributed by atoms with Gasteiger partial charge in [0.1, 0.15) is 0 Å². The van der Waals surface area contributed by atoms with E-state index in [1.165, 1.54) is 12.1 Å². The van der Waals surface area contributed by atoms with E-state index in [4.69, 9.17) is 0 Å². The molecule has 1 aromatic heterocycles. The molecular weight excluding hydrogens is 305 g/mol. The lowest BCUT2D eigenvalue weighted by molar-refractivity contribution is -0.687. The summed E-state index contributed by atoms with van der Waals surface area (Å²) in [6.45, 7) is -0.0168. The van der Waals surface area contributed by atoms with Crippen LogP contribution in [0.1, 0.15) is 5.56 Å². The second kappa shape index (κ2) is 7.08. The molecule has 0 radical (unpaired) electrons. The molecule has 0 bridgehead atoms. The van der Waals surface area contributed by atoms with Gasteiger partial charge in [0, 0.05) is 18.0 Å². The number of rotatable bonds is 3. The topological polar surface area (TPSA) is 39.3 Å². The van der Waals surface area contributed by atoms with Gasteiger partial charge >= 0.3 is 6.18 Å². The first-order valence-corrected chi connectivity index (χ1v) is 5.81. The lowest BCUT2D eigenvalue weighted by Crippen LogP contribution is -2.41. The largest absolute Gasteiger partial charge is 0.857 e. The van der Waals surface area contributed by atoms with Crippen molar-refractivity contribution in [1.82, 2.24) is 0 Å². The molecule has 0 spiro atoms. The summed E-state index contributed by atoms with van der Waals surface area (Å²) >= 11 is 0. The molecule has 21 heavy (non-hydrogen) atoms. The van der Waals surface area contributed by atoms with Crippen LogP contribution in [0.15, 0.2) is 59.9 Å². The molecule has 0 unspecified atom stereocenters. The summed E-state index contributed by atoms with van der Waals surface area (Å²) < 4.78 is 39.2. The minimum absolute atomic E-state index is 0. The Morgan fingerprint density at radius 2 is 1.76 bits per heavy atom. The first kappa shape index (κ1) is 17.0. The fourth-order valence-corrected chi connectivity index (χ4v) is 1.63. The highest BCUT2D eigenvalue weighted by atomic mass is 35.5. The van der Waals surface area contributed by atoms with Gasteiger partial charge in [-0.25, -0.2) is 4.57 Å². The molecule has 1 heterocycles. The van der Waals surface area contributed by atoms with Crippen molar-refractivity contribution in [3.05, 3.63) is 60.4 Å². The minimum atomic E-state index is -4.44. The average Bonchev–Trinajstić information content (AvgIpc) is 2.39. The number of hydrogen-bond acceptors (Lipinski definition) is 2. The number of benzene rings is 1. The smallest absolute Gasteiger partial charge is 0.416 e. The number of aliphatic imine (C=N–C) groups is 1. The molecule has 3 nitrogen and oxygen atoms in total. The van der Waals surface area contributed by atoms with Crippen molar-refractivity contribution < 1.29 is 22.8 Å². The van der Waals surface area contributed by atoms with Crippen LogP contribution in [-0.2, 0) is 12.7 Å². The summed E-state index contributed by atoms with van der Waals surface area (Å²) in [6, 6.07) is 9.68. The van der Waals surface area contributed by atoms with Crippen molar-refractivity contribution in [2.75, 3.05) is 0 Å². The number of halogens is 4. The quantitative estimate of drug-likeness (QED) is 0.487. The normalized spacial score (nSPS) is 11.9. The van der Waals surface area contributed by atoms with Gasteiger partial charge in [0.05, 0.1) is 11.3 Å². The highest BCUT2D eigenvalue weighted by Gasteiger charge is 2.30. The van der Waals surface area contributed by atoms with Crippen LogP contribution in [0.4, 0.5) is 18.9 Å². The number of aromatic nitrogens is 1. The summed E-state index contributed by atoms with van der Waals surface area (Å²) in [5.41, 5.74) is -0.819. The Hall–Kier alpha value is -2.08. The molecule has 0 fully saturated rings. The van der Waals surface area contributed by atoms with Crippen LogP contribution in [0, 0.1) is 0 Å². The third-order valence-corrected chi connectivity index (χ3v) is 2.52. The Bertz CT molecular complexity index is 615. The molecule has 0 N–H and O–H groups in total. The number of pyridine rings is 1. The zero-order valence-corrected chi connectivity index (χ0v) is 11.6. The monoisotopic (exact) mass is 316 g/mol. The zero-order chi connectivity index (χ0) is 14.6. The summed E-state index contributed by atoms with van der Waals surface area (Å²) in [6.07, 6.45) is -1.08. The lowest BCUT2D eigenvalue weighted by Gasteiger charge is -2.09. The Kier molecular flexibility index (Phi) is 5.72. The van der Waals surface area contributed by atoms with Crippen LogP contribution >= 0.6 is 12.4 Å². The standard InChI is InChI=1S/C14H11F3N2O.ClH/c15-14(16,17)11-5-4-6-12(9-11)18-13(20)10-19-7-2-1-3-8-19;/h1-9H,10H2;1H. The van der Waals surface area contributed by atoms with Gasteiger partial charge in [-0.2, -0.15) is 13.2 Å². The van der Waals surface area contributed by atoms with E-state index in [1.807, 2.05) is 0 Å². The molecule has 7 heteroatoms. The van der Waals surface area contributed by atoms with Crippen LogP contribution in [0.5, 0.6) is 0 Å². The summed E-state index contributed by atoms with van der Waals surface area (Å²) in [4.78, 5) is 3.67. The van der Waals surface area contributed by atoms with Crippen molar-refractivity contribution in [3.63, 3.8) is 0 Å². The lowest BCUT2D eigenvalue weighted by atomic mass is 10.2. The van der Waals surface area contributed by atoms with E-state index in [2.05, 4.69) is 4.99 Å². The molecule has 0 saturated heterocycles. The third kappa shape index (κ3) is 5.07. The molecule has 2 rings (SSSR count). The van der Waals surface area contributed by atoms with E-state index in [1.54, 1.807) is 35.2 Å². The maximum absolute atomic E-state index is 12.5. The van der Waals surface area contributed by atoms with Crippen molar-refractivity contribution in [2.45, 2.75) is 12.7 Å². The molecule has 112 valence electrons. The number of alkyl halides is 3. The molecular formula is C14H12ClF3N2O. The summed E-state index contributed by atoms with van der Waals surface area (Å²) in [7, 11) is 0. The van der Waals surface area contributed by atoms with Gasteiger partial charge in [-0.3, -0.25) is 4.99 Å². The highest BCUT2D eigenvalue weighted by Crippen LogP contribution is 2.31. The van der Waals surface area contributed by atoms with Crippen LogP contribution in [0.3, 0.4) is 0 Å². The Labute approximate surface area is 125 Å². The molecule has 0 aliphatic heterocycles. The summed E-state index contributed by atoms with van der Waals surface area (Å²) in [5, 5.41) is 11.7. The first-order chi connectivity index (χ1) is 9.45. The molecule has 2 aromatic rings. The molecule has 0 amide bonds. The Balaban J connectivity index is 0.00000220. The van der Waals surface area contributed by atoms with Gasteiger partial charge in [0.2, 0.25) is 0 Å². The van der Waals surface area contributed by atoms with Gasteiger partial charge in [-0.15, -0.1) is 12.4 Å². The van der Waals surface area contributed by atoms with E-state index < -0.39 is 17.6 Å². The summed E-state index contributed by atoms with van der Waals surface area (Å²) in [5.74, 6) is -0.513. The minimum Gasteiger partial charge on any atom is -0.857 e. The number of hydrogen-bond donors (Lipinski definition) is 0.